The monoisotopic (exact) mass is 285 g/mol. The molecule has 2 aromatic rings. The molecule has 3 heterocycles. The summed E-state index contributed by atoms with van der Waals surface area (Å²) < 4.78 is 26.9. The summed E-state index contributed by atoms with van der Waals surface area (Å²) in [7, 11) is 0. The number of nitrogens with one attached hydrogen (secondary N) is 1. The Labute approximate surface area is 110 Å². The minimum absolute atomic E-state index is 0.374. The maximum absolute atomic E-state index is 13.2. The van der Waals surface area contributed by atoms with Crippen LogP contribution in [0.3, 0.4) is 0 Å². The van der Waals surface area contributed by atoms with Gasteiger partial charge in [-0.3, -0.25) is 0 Å². The first kappa shape index (κ1) is 11.6. The van der Waals surface area contributed by atoms with Crippen LogP contribution in [-0.4, -0.2) is 16.3 Å². The van der Waals surface area contributed by atoms with E-state index in [9.17, 15) is 8.78 Å². The Morgan fingerprint density at radius 1 is 1.44 bits per heavy atom. The molecule has 18 heavy (non-hydrogen) atoms. The van der Waals surface area contributed by atoms with Gasteiger partial charge in [-0.15, -0.1) is 11.3 Å². The summed E-state index contributed by atoms with van der Waals surface area (Å²) in [4.78, 5) is 8.21. The fourth-order valence-corrected chi connectivity index (χ4v) is 2.74. The van der Waals surface area contributed by atoms with Crippen molar-refractivity contribution < 1.29 is 8.78 Å². The molecule has 0 spiro atoms. The molecule has 92 valence electrons. The molecule has 0 saturated carbocycles. The fraction of sp³-hybridized carbons (Fsp3) is 0.0909. The number of nitrogens with zero attached hydrogens (tertiary/aromatic N) is 2. The molecule has 1 unspecified atom stereocenters. The maximum atomic E-state index is 13.2. The lowest BCUT2D eigenvalue weighted by atomic mass is 10.2. The van der Waals surface area contributed by atoms with E-state index >= 15 is 0 Å². The van der Waals surface area contributed by atoms with Gasteiger partial charge in [0.25, 0.3) is 0 Å². The summed E-state index contributed by atoms with van der Waals surface area (Å²) >= 11 is 7.12. The van der Waals surface area contributed by atoms with Crippen molar-refractivity contribution in [3.63, 3.8) is 0 Å². The highest BCUT2D eigenvalue weighted by molar-refractivity contribution is 7.19. The lowest BCUT2D eigenvalue weighted by molar-refractivity contribution is 0.296. The van der Waals surface area contributed by atoms with Crippen molar-refractivity contribution in [2.45, 2.75) is 6.30 Å². The number of pyridine rings is 1. The largest absolute Gasteiger partial charge is 0.356 e. The van der Waals surface area contributed by atoms with Crippen molar-refractivity contribution in [1.29, 1.82) is 0 Å². The second-order valence-corrected chi connectivity index (χ2v) is 5.07. The zero-order valence-corrected chi connectivity index (χ0v) is 10.4. The fourth-order valence-electron chi connectivity index (χ4n) is 1.56. The van der Waals surface area contributed by atoms with E-state index in [0.29, 0.717) is 21.3 Å². The van der Waals surface area contributed by atoms with Crippen LogP contribution in [0.4, 0.5) is 8.78 Å². The Morgan fingerprint density at radius 3 is 3.06 bits per heavy atom. The van der Waals surface area contributed by atoms with Gasteiger partial charge in [-0.05, 0) is 12.1 Å². The lowest BCUT2D eigenvalue weighted by Gasteiger charge is -2.12. The van der Waals surface area contributed by atoms with Gasteiger partial charge >= 0.3 is 0 Å². The number of hydrogen-bond donors (Lipinski definition) is 1. The van der Waals surface area contributed by atoms with Crippen molar-refractivity contribution in [3.8, 4) is 0 Å². The number of aromatic nitrogens is 2. The van der Waals surface area contributed by atoms with Gasteiger partial charge in [0.1, 0.15) is 15.7 Å². The Hall–Kier alpha value is -1.53. The number of allylic oxidation sites excluding steroid dienone is 2. The molecule has 1 aliphatic rings. The second kappa shape index (κ2) is 4.29. The molecule has 0 aromatic carbocycles. The summed E-state index contributed by atoms with van der Waals surface area (Å²) in [6.45, 7) is 0. The molecule has 0 bridgehead atoms. The summed E-state index contributed by atoms with van der Waals surface area (Å²) in [5, 5.41) is 3.25. The highest BCUT2D eigenvalue weighted by Gasteiger charge is 2.18. The van der Waals surface area contributed by atoms with Crippen LogP contribution in [0.15, 0.2) is 30.4 Å². The van der Waals surface area contributed by atoms with Crippen LogP contribution >= 0.6 is 22.9 Å². The second-order valence-electron chi connectivity index (χ2n) is 3.65. The SMILES string of the molecule is FC1=CC(c2nc3cnc(Cl)cc3s2)=CNC1F. The van der Waals surface area contributed by atoms with Gasteiger partial charge in [0, 0.05) is 11.8 Å². The maximum Gasteiger partial charge on any atom is 0.221 e. The molecule has 3 rings (SSSR count). The average Bonchev–Trinajstić information content (AvgIpc) is 2.75. The van der Waals surface area contributed by atoms with Gasteiger partial charge in [-0.2, -0.15) is 0 Å². The third kappa shape index (κ3) is 1.97. The first-order valence-corrected chi connectivity index (χ1v) is 6.23. The van der Waals surface area contributed by atoms with Crippen LogP contribution in [0.2, 0.25) is 5.15 Å². The number of halogens is 3. The standard InChI is InChI=1S/C11H6ClF2N3S/c12-9-2-8-7(4-15-9)17-11(18-8)5-1-6(13)10(14)16-3-5/h1-4,10,16H. The van der Waals surface area contributed by atoms with E-state index in [0.717, 1.165) is 10.8 Å². The smallest absolute Gasteiger partial charge is 0.221 e. The van der Waals surface area contributed by atoms with Crippen LogP contribution < -0.4 is 5.32 Å². The third-order valence-corrected chi connectivity index (χ3v) is 3.68. The van der Waals surface area contributed by atoms with Crippen molar-refractivity contribution in [1.82, 2.24) is 15.3 Å². The lowest BCUT2D eigenvalue weighted by Crippen LogP contribution is -2.22. The van der Waals surface area contributed by atoms with Crippen molar-refractivity contribution >= 4 is 38.7 Å². The molecular formula is C11H6ClF2N3S. The molecule has 1 N–H and O–H groups in total. The van der Waals surface area contributed by atoms with Gasteiger partial charge in [0.2, 0.25) is 6.30 Å². The minimum atomic E-state index is -1.78. The average molecular weight is 286 g/mol. The summed E-state index contributed by atoms with van der Waals surface area (Å²) in [5.74, 6) is -0.858. The zero-order chi connectivity index (χ0) is 12.7. The molecule has 0 fully saturated rings. The molecule has 0 aliphatic carbocycles. The van der Waals surface area contributed by atoms with Crippen LogP contribution in [-0.2, 0) is 0 Å². The molecule has 1 aliphatic heterocycles. The highest BCUT2D eigenvalue weighted by atomic mass is 35.5. The first-order valence-electron chi connectivity index (χ1n) is 5.03. The third-order valence-electron chi connectivity index (χ3n) is 2.41. The quantitative estimate of drug-likeness (QED) is 0.644. The molecule has 3 nitrogen and oxygen atoms in total. The Kier molecular flexibility index (Phi) is 2.76. The van der Waals surface area contributed by atoms with E-state index in [-0.39, 0.29) is 0 Å². The zero-order valence-electron chi connectivity index (χ0n) is 8.82. The van der Waals surface area contributed by atoms with Gasteiger partial charge < -0.3 is 5.32 Å². The predicted octanol–water partition coefficient (Wildman–Crippen LogP) is 3.44. The van der Waals surface area contributed by atoms with E-state index in [1.807, 2.05) is 0 Å². The van der Waals surface area contributed by atoms with Crippen LogP contribution in [0.1, 0.15) is 5.01 Å². The molecule has 7 heteroatoms. The van der Waals surface area contributed by atoms with Crippen molar-refractivity contribution in [3.05, 3.63) is 40.5 Å². The summed E-state index contributed by atoms with van der Waals surface area (Å²) in [6, 6.07) is 1.69. The van der Waals surface area contributed by atoms with Gasteiger partial charge in [0.05, 0.1) is 10.9 Å². The summed E-state index contributed by atoms with van der Waals surface area (Å²) in [6.07, 6.45) is 2.31. The van der Waals surface area contributed by atoms with Gasteiger partial charge in [-0.25, -0.2) is 18.7 Å². The topological polar surface area (TPSA) is 37.8 Å². The number of hydrogen-bond acceptors (Lipinski definition) is 4. The minimum Gasteiger partial charge on any atom is -0.356 e. The predicted molar refractivity (Wildman–Crippen MR) is 67.6 cm³/mol. The Bertz CT molecular complexity index is 680. The molecule has 0 amide bonds. The molecule has 0 radical (unpaired) electrons. The van der Waals surface area contributed by atoms with Crippen molar-refractivity contribution in [2.24, 2.45) is 0 Å². The Morgan fingerprint density at radius 2 is 2.28 bits per heavy atom. The van der Waals surface area contributed by atoms with Crippen molar-refractivity contribution in [2.75, 3.05) is 0 Å². The van der Waals surface area contributed by atoms with Crippen LogP contribution in [0.5, 0.6) is 0 Å². The molecule has 1 atom stereocenters. The van der Waals surface area contributed by atoms with E-state index in [4.69, 9.17) is 11.6 Å². The highest BCUT2D eigenvalue weighted by Crippen LogP contribution is 2.30. The number of fused-ring (bicyclic) bond motifs is 1. The van der Waals surface area contributed by atoms with Crippen LogP contribution in [0, 0.1) is 0 Å². The molecule has 0 saturated heterocycles. The first-order chi connectivity index (χ1) is 8.63. The molecule has 2 aromatic heterocycles. The number of thiazole rings is 1. The van der Waals surface area contributed by atoms with Gasteiger partial charge in [0.15, 0.2) is 5.83 Å². The number of dihydropyridines is 1. The molecular weight excluding hydrogens is 280 g/mol. The van der Waals surface area contributed by atoms with E-state index in [1.54, 1.807) is 12.3 Å². The van der Waals surface area contributed by atoms with E-state index in [1.165, 1.54) is 17.5 Å². The summed E-state index contributed by atoms with van der Waals surface area (Å²) in [5.41, 5.74) is 1.18. The normalized spacial score (nSPS) is 19.4. The number of alkyl halides is 1. The van der Waals surface area contributed by atoms with Crippen LogP contribution in [0.25, 0.3) is 15.8 Å². The van der Waals surface area contributed by atoms with Gasteiger partial charge in [-0.1, -0.05) is 11.6 Å². The van der Waals surface area contributed by atoms with E-state index < -0.39 is 12.1 Å². The van der Waals surface area contributed by atoms with E-state index in [2.05, 4.69) is 15.3 Å². The number of rotatable bonds is 1. The Balaban J connectivity index is 2.05.